The summed E-state index contributed by atoms with van der Waals surface area (Å²) in [5, 5.41) is 13.2. The van der Waals surface area contributed by atoms with Gasteiger partial charge in [0.15, 0.2) is 17.3 Å². The molecule has 0 aromatic heterocycles. The number of Topliss-reactive ketones (excluding diaryl/α,β-unsaturated/α-hetero) is 1. The summed E-state index contributed by atoms with van der Waals surface area (Å²) in [6.45, 7) is 3.66. The molecule has 1 saturated heterocycles. The lowest BCUT2D eigenvalue weighted by molar-refractivity contribution is 0.0873. The molecule has 1 fully saturated rings. The first-order valence-corrected chi connectivity index (χ1v) is 7.92. The van der Waals surface area contributed by atoms with Gasteiger partial charge in [-0.1, -0.05) is 0 Å². The standard InChI is InChI=1S/C17H25NO5/c1-12(19)13-5-6-16(17(8-13)21-2)23-11-14(20)9-18-10-15-4-3-7-22-15/h5-6,8,14-15,18,20H,3-4,7,9-11H2,1-2H3/t14-,15+/m1/s1. The average molecular weight is 323 g/mol. The fourth-order valence-corrected chi connectivity index (χ4v) is 2.47. The molecule has 23 heavy (non-hydrogen) atoms. The minimum atomic E-state index is -0.631. The Bertz CT molecular complexity index is 514. The fourth-order valence-electron chi connectivity index (χ4n) is 2.47. The van der Waals surface area contributed by atoms with Gasteiger partial charge in [-0.2, -0.15) is 0 Å². The van der Waals surface area contributed by atoms with E-state index in [1.807, 2.05) is 0 Å². The predicted molar refractivity (Wildman–Crippen MR) is 86.3 cm³/mol. The lowest BCUT2D eigenvalue weighted by Gasteiger charge is -2.16. The molecule has 2 rings (SSSR count). The van der Waals surface area contributed by atoms with Crippen LogP contribution in [0.4, 0.5) is 0 Å². The van der Waals surface area contributed by atoms with Gasteiger partial charge in [0.25, 0.3) is 0 Å². The van der Waals surface area contributed by atoms with Gasteiger partial charge in [-0.3, -0.25) is 4.79 Å². The molecule has 1 aliphatic rings. The molecule has 0 radical (unpaired) electrons. The third kappa shape index (κ3) is 5.49. The van der Waals surface area contributed by atoms with Gasteiger partial charge in [0.2, 0.25) is 0 Å². The number of rotatable bonds is 9. The second-order valence-corrected chi connectivity index (χ2v) is 5.68. The van der Waals surface area contributed by atoms with Crippen molar-refractivity contribution in [2.24, 2.45) is 0 Å². The number of carbonyl (C=O) groups excluding carboxylic acids is 1. The number of ether oxygens (including phenoxy) is 3. The largest absolute Gasteiger partial charge is 0.493 e. The number of aliphatic hydroxyl groups excluding tert-OH is 1. The second-order valence-electron chi connectivity index (χ2n) is 5.68. The summed E-state index contributed by atoms with van der Waals surface area (Å²) in [5.74, 6) is 0.959. The summed E-state index contributed by atoms with van der Waals surface area (Å²) in [4.78, 5) is 11.4. The lowest BCUT2D eigenvalue weighted by Crippen LogP contribution is -2.35. The summed E-state index contributed by atoms with van der Waals surface area (Å²) >= 11 is 0. The summed E-state index contributed by atoms with van der Waals surface area (Å²) in [6.07, 6.45) is 1.80. The summed E-state index contributed by atoms with van der Waals surface area (Å²) in [7, 11) is 1.52. The van der Waals surface area contributed by atoms with Gasteiger partial charge >= 0.3 is 0 Å². The Labute approximate surface area is 136 Å². The van der Waals surface area contributed by atoms with Crippen LogP contribution in [0.15, 0.2) is 18.2 Å². The minimum absolute atomic E-state index is 0.0341. The quantitative estimate of drug-likeness (QED) is 0.669. The molecule has 0 unspecified atom stereocenters. The molecule has 6 nitrogen and oxygen atoms in total. The van der Waals surface area contributed by atoms with E-state index in [9.17, 15) is 9.90 Å². The Kier molecular flexibility index (Phi) is 6.83. The van der Waals surface area contributed by atoms with Crippen molar-refractivity contribution in [2.45, 2.75) is 32.0 Å². The Hall–Kier alpha value is -1.63. The molecule has 2 N–H and O–H groups in total. The third-order valence-electron chi connectivity index (χ3n) is 3.78. The number of carbonyl (C=O) groups is 1. The van der Waals surface area contributed by atoms with E-state index in [1.165, 1.54) is 14.0 Å². The summed E-state index contributed by atoms with van der Waals surface area (Å²) < 4.78 is 16.3. The first-order valence-electron chi connectivity index (χ1n) is 7.92. The molecule has 6 heteroatoms. The van der Waals surface area contributed by atoms with Crippen LogP contribution in [0, 0.1) is 0 Å². The number of methoxy groups -OCH3 is 1. The zero-order chi connectivity index (χ0) is 16.7. The highest BCUT2D eigenvalue weighted by Gasteiger charge is 2.16. The molecule has 0 saturated carbocycles. The molecule has 1 aromatic rings. The second kappa shape index (κ2) is 8.86. The maximum atomic E-state index is 11.4. The van der Waals surface area contributed by atoms with Crippen molar-refractivity contribution in [3.05, 3.63) is 23.8 Å². The number of hydrogen-bond donors (Lipinski definition) is 2. The van der Waals surface area contributed by atoms with Crippen molar-refractivity contribution in [3.63, 3.8) is 0 Å². The zero-order valence-electron chi connectivity index (χ0n) is 13.7. The van der Waals surface area contributed by atoms with E-state index >= 15 is 0 Å². The van der Waals surface area contributed by atoms with E-state index in [0.29, 0.717) is 23.6 Å². The minimum Gasteiger partial charge on any atom is -0.493 e. The van der Waals surface area contributed by atoms with Crippen molar-refractivity contribution in [3.8, 4) is 11.5 Å². The van der Waals surface area contributed by atoms with Gasteiger partial charge in [-0.05, 0) is 38.0 Å². The fraction of sp³-hybridized carbons (Fsp3) is 0.588. The van der Waals surface area contributed by atoms with E-state index in [4.69, 9.17) is 14.2 Å². The van der Waals surface area contributed by atoms with E-state index in [1.54, 1.807) is 18.2 Å². The van der Waals surface area contributed by atoms with Crippen LogP contribution < -0.4 is 14.8 Å². The summed E-state index contributed by atoms with van der Waals surface area (Å²) in [6, 6.07) is 5.00. The molecule has 1 aromatic carbocycles. The van der Waals surface area contributed by atoms with Crippen LogP contribution in [-0.4, -0.2) is 56.5 Å². The molecule has 128 valence electrons. The van der Waals surface area contributed by atoms with Crippen molar-refractivity contribution < 1.29 is 24.1 Å². The Balaban J connectivity index is 1.76. The van der Waals surface area contributed by atoms with Gasteiger partial charge in [0.1, 0.15) is 12.7 Å². The number of hydrogen-bond acceptors (Lipinski definition) is 6. The molecule has 0 aliphatic carbocycles. The lowest BCUT2D eigenvalue weighted by atomic mass is 10.1. The van der Waals surface area contributed by atoms with Crippen LogP contribution >= 0.6 is 0 Å². The monoisotopic (exact) mass is 323 g/mol. The summed E-state index contributed by atoms with van der Waals surface area (Å²) in [5.41, 5.74) is 0.563. The van der Waals surface area contributed by atoms with Gasteiger partial charge in [-0.25, -0.2) is 0 Å². The number of benzene rings is 1. The van der Waals surface area contributed by atoms with Crippen LogP contribution in [0.5, 0.6) is 11.5 Å². The van der Waals surface area contributed by atoms with E-state index in [0.717, 1.165) is 26.0 Å². The van der Waals surface area contributed by atoms with E-state index < -0.39 is 6.10 Å². The predicted octanol–water partition coefficient (Wildman–Crippen LogP) is 1.41. The SMILES string of the molecule is COc1cc(C(C)=O)ccc1OC[C@H](O)CNC[C@@H]1CCCO1. The van der Waals surface area contributed by atoms with Gasteiger partial charge in [0, 0.05) is 25.3 Å². The van der Waals surface area contributed by atoms with Crippen molar-refractivity contribution in [2.75, 3.05) is 33.4 Å². The molecule has 0 bridgehead atoms. The molecular formula is C17H25NO5. The highest BCUT2D eigenvalue weighted by molar-refractivity contribution is 5.94. The van der Waals surface area contributed by atoms with Gasteiger partial charge in [0.05, 0.1) is 13.2 Å². The first kappa shape index (κ1) is 17.7. The number of aliphatic hydroxyl groups is 1. The van der Waals surface area contributed by atoms with Crippen LogP contribution in [0.1, 0.15) is 30.1 Å². The number of ketones is 1. The highest BCUT2D eigenvalue weighted by atomic mass is 16.5. The molecular weight excluding hydrogens is 298 g/mol. The molecule has 1 heterocycles. The average Bonchev–Trinajstić information content (AvgIpc) is 3.06. The molecule has 1 aliphatic heterocycles. The molecule has 2 atom stereocenters. The van der Waals surface area contributed by atoms with E-state index in [-0.39, 0.29) is 18.5 Å². The van der Waals surface area contributed by atoms with Crippen molar-refractivity contribution >= 4 is 5.78 Å². The zero-order valence-corrected chi connectivity index (χ0v) is 13.7. The maximum Gasteiger partial charge on any atom is 0.161 e. The van der Waals surface area contributed by atoms with Crippen molar-refractivity contribution in [1.82, 2.24) is 5.32 Å². The van der Waals surface area contributed by atoms with Crippen LogP contribution in [0.2, 0.25) is 0 Å². The maximum absolute atomic E-state index is 11.4. The van der Waals surface area contributed by atoms with Crippen molar-refractivity contribution in [1.29, 1.82) is 0 Å². The van der Waals surface area contributed by atoms with E-state index in [2.05, 4.69) is 5.32 Å². The molecule has 0 amide bonds. The van der Waals surface area contributed by atoms with Gasteiger partial charge in [-0.15, -0.1) is 0 Å². The Morgan fingerprint density at radius 2 is 2.30 bits per heavy atom. The van der Waals surface area contributed by atoms with Crippen LogP contribution in [0.3, 0.4) is 0 Å². The van der Waals surface area contributed by atoms with Crippen LogP contribution in [0.25, 0.3) is 0 Å². The van der Waals surface area contributed by atoms with Crippen LogP contribution in [-0.2, 0) is 4.74 Å². The Morgan fingerprint density at radius 1 is 1.48 bits per heavy atom. The first-order chi connectivity index (χ1) is 11.1. The van der Waals surface area contributed by atoms with Gasteiger partial charge < -0.3 is 24.6 Å². The smallest absolute Gasteiger partial charge is 0.161 e. The molecule has 0 spiro atoms. The number of nitrogens with one attached hydrogen (secondary N) is 1. The third-order valence-corrected chi connectivity index (χ3v) is 3.78. The normalized spacial score (nSPS) is 18.7. The highest BCUT2D eigenvalue weighted by Crippen LogP contribution is 2.28. The topological polar surface area (TPSA) is 77.0 Å². The Morgan fingerprint density at radius 3 is 2.96 bits per heavy atom.